The maximum Gasteiger partial charge on any atom is 0.247 e. The fourth-order valence-corrected chi connectivity index (χ4v) is 1.54. The Balaban J connectivity index is 2.32. The average Bonchev–Trinajstić information content (AvgIpc) is 2.30. The molecule has 0 spiro atoms. The summed E-state index contributed by atoms with van der Waals surface area (Å²) in [7, 11) is 0. The summed E-state index contributed by atoms with van der Waals surface area (Å²) in [5, 5.41) is 2.99. The molecule has 1 aliphatic heterocycles. The van der Waals surface area contributed by atoms with E-state index in [1.807, 2.05) is 0 Å². The lowest BCUT2D eigenvalue weighted by molar-refractivity contribution is -0.111. The number of fused-ring (bicyclic) bond motifs is 1. The highest BCUT2D eigenvalue weighted by atomic mass is 35.5. The van der Waals surface area contributed by atoms with Gasteiger partial charge < -0.3 is 14.8 Å². The van der Waals surface area contributed by atoms with Gasteiger partial charge in [-0.1, -0.05) is 18.2 Å². The third-order valence-corrected chi connectivity index (χ3v) is 2.39. The quantitative estimate of drug-likeness (QED) is 0.806. The number of ether oxygens (including phenoxy) is 2. The number of hydrogen-bond acceptors (Lipinski definition) is 3. The topological polar surface area (TPSA) is 47.6 Å². The van der Waals surface area contributed by atoms with Crippen molar-refractivity contribution in [3.8, 4) is 11.5 Å². The van der Waals surface area contributed by atoms with Crippen LogP contribution in [-0.4, -0.2) is 19.1 Å². The Morgan fingerprint density at radius 1 is 1.38 bits per heavy atom. The van der Waals surface area contributed by atoms with Crippen molar-refractivity contribution in [2.45, 2.75) is 0 Å². The van der Waals surface area contributed by atoms with Crippen LogP contribution in [0, 0.1) is 0 Å². The number of benzene rings is 1. The first kappa shape index (κ1) is 10.8. The molecular formula is C11H10ClNO3. The number of hydrogen-bond donors (Lipinski definition) is 1. The van der Waals surface area contributed by atoms with E-state index in [2.05, 4.69) is 11.9 Å². The SMILES string of the molecule is C=CC(=O)Nc1cc2c(cc1Cl)OCCO2. The van der Waals surface area contributed by atoms with E-state index < -0.39 is 0 Å². The van der Waals surface area contributed by atoms with Crippen LogP contribution in [0.2, 0.25) is 5.02 Å². The molecule has 1 aliphatic rings. The van der Waals surface area contributed by atoms with E-state index in [0.29, 0.717) is 35.4 Å². The maximum atomic E-state index is 11.1. The highest BCUT2D eigenvalue weighted by Crippen LogP contribution is 2.37. The van der Waals surface area contributed by atoms with Crippen molar-refractivity contribution in [2.24, 2.45) is 0 Å². The number of carbonyl (C=O) groups is 1. The van der Waals surface area contributed by atoms with Gasteiger partial charge in [-0.2, -0.15) is 0 Å². The van der Waals surface area contributed by atoms with Gasteiger partial charge in [0.1, 0.15) is 13.2 Å². The molecule has 4 nitrogen and oxygen atoms in total. The molecule has 1 aromatic carbocycles. The van der Waals surface area contributed by atoms with Crippen LogP contribution in [0.3, 0.4) is 0 Å². The van der Waals surface area contributed by atoms with Gasteiger partial charge in [0.15, 0.2) is 11.5 Å². The summed E-state index contributed by atoms with van der Waals surface area (Å²) in [4.78, 5) is 11.1. The summed E-state index contributed by atoms with van der Waals surface area (Å²) in [6, 6.07) is 3.26. The molecule has 2 rings (SSSR count). The van der Waals surface area contributed by atoms with Crippen LogP contribution < -0.4 is 14.8 Å². The monoisotopic (exact) mass is 239 g/mol. The second-order valence-electron chi connectivity index (χ2n) is 3.17. The molecule has 1 amide bonds. The van der Waals surface area contributed by atoms with Crippen molar-refractivity contribution in [3.63, 3.8) is 0 Å². The van der Waals surface area contributed by atoms with Gasteiger partial charge in [-0.3, -0.25) is 4.79 Å². The summed E-state index contributed by atoms with van der Waals surface area (Å²) in [6.45, 7) is 4.35. The summed E-state index contributed by atoms with van der Waals surface area (Å²) >= 11 is 5.98. The Bertz CT molecular complexity index is 445. The van der Waals surface area contributed by atoms with Crippen molar-refractivity contribution < 1.29 is 14.3 Å². The number of carbonyl (C=O) groups excluding carboxylic acids is 1. The minimum Gasteiger partial charge on any atom is -0.486 e. The fraction of sp³-hybridized carbons (Fsp3) is 0.182. The summed E-state index contributed by atoms with van der Waals surface area (Å²) in [6.07, 6.45) is 1.17. The van der Waals surface area contributed by atoms with Gasteiger partial charge >= 0.3 is 0 Å². The Hall–Kier alpha value is -1.68. The van der Waals surface area contributed by atoms with Crippen molar-refractivity contribution >= 4 is 23.2 Å². The number of amides is 1. The van der Waals surface area contributed by atoms with Crippen LogP contribution in [0.1, 0.15) is 0 Å². The summed E-state index contributed by atoms with van der Waals surface area (Å²) in [5.74, 6) is 0.849. The molecule has 0 bridgehead atoms. The van der Waals surface area contributed by atoms with Gasteiger partial charge in [0.05, 0.1) is 10.7 Å². The first-order valence-corrected chi connectivity index (χ1v) is 5.11. The average molecular weight is 240 g/mol. The summed E-state index contributed by atoms with van der Waals surface area (Å²) in [5.41, 5.74) is 0.482. The minimum absolute atomic E-state index is 0.321. The molecule has 84 valence electrons. The first-order chi connectivity index (χ1) is 7.70. The molecule has 1 aromatic rings. The lowest BCUT2D eigenvalue weighted by Crippen LogP contribution is -2.16. The molecule has 0 unspecified atom stereocenters. The van der Waals surface area contributed by atoms with Crippen LogP contribution in [0.15, 0.2) is 24.8 Å². The Labute approximate surface area is 97.8 Å². The molecule has 5 heteroatoms. The predicted molar refractivity (Wildman–Crippen MR) is 61.3 cm³/mol. The van der Waals surface area contributed by atoms with Crippen molar-refractivity contribution in [1.82, 2.24) is 0 Å². The van der Waals surface area contributed by atoms with E-state index in [1.165, 1.54) is 6.08 Å². The molecule has 1 N–H and O–H groups in total. The normalized spacial score (nSPS) is 13.1. The van der Waals surface area contributed by atoms with E-state index in [9.17, 15) is 4.79 Å². The zero-order valence-electron chi connectivity index (χ0n) is 8.46. The Kier molecular flexibility index (Phi) is 3.01. The molecular weight excluding hydrogens is 230 g/mol. The van der Waals surface area contributed by atoms with Crippen molar-refractivity contribution in [1.29, 1.82) is 0 Å². The minimum atomic E-state index is -0.321. The molecule has 0 fully saturated rings. The lowest BCUT2D eigenvalue weighted by atomic mass is 10.2. The molecule has 0 aromatic heterocycles. The fourth-order valence-electron chi connectivity index (χ4n) is 1.34. The standard InChI is InChI=1S/C11H10ClNO3/c1-2-11(14)13-8-6-10-9(5-7(8)12)15-3-4-16-10/h2,5-6H,1,3-4H2,(H,13,14). The molecule has 16 heavy (non-hydrogen) atoms. The molecule has 0 saturated heterocycles. The van der Waals surface area contributed by atoms with Gasteiger partial charge in [-0.25, -0.2) is 0 Å². The smallest absolute Gasteiger partial charge is 0.247 e. The lowest BCUT2D eigenvalue weighted by Gasteiger charge is -2.19. The van der Waals surface area contributed by atoms with Crippen molar-refractivity contribution in [2.75, 3.05) is 18.5 Å². The third-order valence-electron chi connectivity index (χ3n) is 2.08. The zero-order chi connectivity index (χ0) is 11.5. The number of nitrogens with one attached hydrogen (secondary N) is 1. The van der Waals surface area contributed by atoms with Crippen molar-refractivity contribution in [3.05, 3.63) is 29.8 Å². The molecule has 0 saturated carbocycles. The van der Waals surface area contributed by atoms with E-state index in [1.54, 1.807) is 12.1 Å². The Morgan fingerprint density at radius 2 is 2.00 bits per heavy atom. The van der Waals surface area contributed by atoms with E-state index in [-0.39, 0.29) is 5.91 Å². The Morgan fingerprint density at radius 3 is 2.62 bits per heavy atom. The molecule has 0 aliphatic carbocycles. The largest absolute Gasteiger partial charge is 0.486 e. The van der Waals surface area contributed by atoms with E-state index in [0.717, 1.165) is 0 Å². The van der Waals surface area contributed by atoms with Gasteiger partial charge in [-0.15, -0.1) is 0 Å². The molecule has 1 heterocycles. The van der Waals surface area contributed by atoms with Crippen LogP contribution in [0.25, 0.3) is 0 Å². The van der Waals surface area contributed by atoms with Gasteiger partial charge in [-0.05, 0) is 6.08 Å². The highest BCUT2D eigenvalue weighted by Gasteiger charge is 2.15. The zero-order valence-corrected chi connectivity index (χ0v) is 9.21. The maximum absolute atomic E-state index is 11.1. The molecule has 0 radical (unpaired) electrons. The number of rotatable bonds is 2. The van der Waals surface area contributed by atoms with Crippen LogP contribution in [-0.2, 0) is 4.79 Å². The third kappa shape index (κ3) is 2.12. The second-order valence-corrected chi connectivity index (χ2v) is 3.58. The number of halogens is 1. The summed E-state index contributed by atoms with van der Waals surface area (Å²) < 4.78 is 10.7. The van der Waals surface area contributed by atoms with Crippen LogP contribution in [0.5, 0.6) is 11.5 Å². The van der Waals surface area contributed by atoms with Gasteiger partial charge in [0.25, 0.3) is 0 Å². The van der Waals surface area contributed by atoms with E-state index >= 15 is 0 Å². The van der Waals surface area contributed by atoms with Crippen LogP contribution >= 0.6 is 11.6 Å². The number of anilines is 1. The van der Waals surface area contributed by atoms with Gasteiger partial charge in [0.2, 0.25) is 5.91 Å². The first-order valence-electron chi connectivity index (χ1n) is 4.73. The second kappa shape index (κ2) is 4.45. The predicted octanol–water partition coefficient (Wildman–Crippen LogP) is 2.24. The van der Waals surface area contributed by atoms with E-state index in [4.69, 9.17) is 21.1 Å². The van der Waals surface area contributed by atoms with Gasteiger partial charge in [0, 0.05) is 12.1 Å². The highest BCUT2D eigenvalue weighted by molar-refractivity contribution is 6.34. The van der Waals surface area contributed by atoms with Crippen LogP contribution in [0.4, 0.5) is 5.69 Å². The molecule has 0 atom stereocenters.